The number of pyridine rings is 1. The lowest BCUT2D eigenvalue weighted by Gasteiger charge is -2.43. The average molecular weight is 274 g/mol. The van der Waals surface area contributed by atoms with Crippen molar-refractivity contribution in [2.45, 2.75) is 51.4 Å². The number of likely N-dealkylation sites (N-methyl/N-ethyl adjacent to an activating group) is 1. The van der Waals surface area contributed by atoms with Crippen molar-refractivity contribution in [3.05, 3.63) is 23.9 Å². The van der Waals surface area contributed by atoms with Crippen molar-refractivity contribution in [1.82, 2.24) is 15.2 Å². The lowest BCUT2D eigenvalue weighted by Crippen LogP contribution is -2.55. The van der Waals surface area contributed by atoms with E-state index in [4.69, 9.17) is 4.98 Å². The number of rotatable bonds is 4. The molecule has 1 saturated carbocycles. The fourth-order valence-corrected chi connectivity index (χ4v) is 2.87. The van der Waals surface area contributed by atoms with Crippen molar-refractivity contribution in [1.29, 1.82) is 0 Å². The Balaban J connectivity index is 1.67. The molecule has 2 aliphatic rings. The molecule has 1 aromatic heterocycles. The van der Waals surface area contributed by atoms with Crippen molar-refractivity contribution >= 4 is 5.82 Å². The maximum atomic E-state index is 4.83. The molecule has 1 saturated heterocycles. The van der Waals surface area contributed by atoms with E-state index in [1.54, 1.807) is 0 Å². The molecule has 4 heteroatoms. The van der Waals surface area contributed by atoms with Gasteiger partial charge in [-0.25, -0.2) is 4.98 Å². The highest BCUT2D eigenvalue weighted by molar-refractivity contribution is 5.40. The monoisotopic (exact) mass is 274 g/mol. The Hall–Kier alpha value is -1.13. The molecule has 20 heavy (non-hydrogen) atoms. The first-order valence-electron chi connectivity index (χ1n) is 7.79. The molecule has 1 N–H and O–H groups in total. The summed E-state index contributed by atoms with van der Waals surface area (Å²) in [4.78, 5) is 9.71. The number of hydrogen-bond acceptors (Lipinski definition) is 4. The molecule has 3 rings (SSSR count). The van der Waals surface area contributed by atoms with E-state index in [0.717, 1.165) is 37.2 Å². The van der Waals surface area contributed by atoms with Crippen LogP contribution in [0.5, 0.6) is 0 Å². The minimum Gasteiger partial charge on any atom is -0.353 e. The number of piperazine rings is 1. The third-order valence-corrected chi connectivity index (χ3v) is 4.62. The molecule has 4 nitrogen and oxygen atoms in total. The number of aromatic nitrogens is 1. The minimum atomic E-state index is 0.578. The van der Waals surface area contributed by atoms with Gasteiger partial charge in [0.2, 0.25) is 0 Å². The molecule has 0 bridgehead atoms. The third kappa shape index (κ3) is 3.13. The SMILES string of the molecule is CC1CN(c2cccc(CNC3CC3)n2)CC(C)N1C. The largest absolute Gasteiger partial charge is 0.353 e. The van der Waals surface area contributed by atoms with E-state index in [1.165, 1.54) is 12.8 Å². The van der Waals surface area contributed by atoms with E-state index in [-0.39, 0.29) is 0 Å². The summed E-state index contributed by atoms with van der Waals surface area (Å²) in [5, 5.41) is 3.54. The van der Waals surface area contributed by atoms with E-state index in [1.807, 2.05) is 0 Å². The van der Waals surface area contributed by atoms with E-state index in [0.29, 0.717) is 12.1 Å². The third-order valence-electron chi connectivity index (χ3n) is 4.62. The van der Waals surface area contributed by atoms with Gasteiger partial charge in [-0.1, -0.05) is 6.07 Å². The summed E-state index contributed by atoms with van der Waals surface area (Å²) in [5.41, 5.74) is 1.16. The van der Waals surface area contributed by atoms with Crippen LogP contribution in [0.4, 0.5) is 5.82 Å². The summed E-state index contributed by atoms with van der Waals surface area (Å²) in [6, 6.07) is 8.30. The molecule has 2 heterocycles. The highest BCUT2D eigenvalue weighted by atomic mass is 15.3. The Morgan fingerprint density at radius 2 is 1.90 bits per heavy atom. The second kappa shape index (κ2) is 5.70. The summed E-state index contributed by atoms with van der Waals surface area (Å²) in [7, 11) is 2.22. The van der Waals surface area contributed by atoms with Crippen LogP contribution in [0.3, 0.4) is 0 Å². The molecule has 0 aromatic carbocycles. The molecule has 1 aliphatic carbocycles. The minimum absolute atomic E-state index is 0.578. The van der Waals surface area contributed by atoms with Crippen molar-refractivity contribution in [2.24, 2.45) is 0 Å². The van der Waals surface area contributed by atoms with Gasteiger partial charge in [0, 0.05) is 37.8 Å². The second-order valence-corrected chi connectivity index (χ2v) is 6.41. The summed E-state index contributed by atoms with van der Waals surface area (Å²) < 4.78 is 0. The Morgan fingerprint density at radius 1 is 1.20 bits per heavy atom. The Morgan fingerprint density at radius 3 is 2.55 bits per heavy atom. The van der Waals surface area contributed by atoms with Crippen molar-refractivity contribution < 1.29 is 0 Å². The normalized spacial score (nSPS) is 27.9. The number of nitrogens with one attached hydrogen (secondary N) is 1. The van der Waals surface area contributed by atoms with E-state index in [9.17, 15) is 0 Å². The predicted octanol–water partition coefficient (Wildman–Crippen LogP) is 1.86. The topological polar surface area (TPSA) is 31.4 Å². The van der Waals surface area contributed by atoms with Crippen LogP contribution in [0.15, 0.2) is 18.2 Å². The molecular formula is C16H26N4. The molecule has 0 radical (unpaired) electrons. The molecule has 2 atom stereocenters. The molecule has 110 valence electrons. The number of hydrogen-bond donors (Lipinski definition) is 1. The van der Waals surface area contributed by atoms with Crippen LogP contribution in [-0.2, 0) is 6.54 Å². The van der Waals surface area contributed by atoms with E-state index >= 15 is 0 Å². The van der Waals surface area contributed by atoms with Gasteiger partial charge < -0.3 is 10.2 Å². The van der Waals surface area contributed by atoms with Crippen LogP contribution >= 0.6 is 0 Å². The van der Waals surface area contributed by atoms with Crippen LogP contribution in [0.1, 0.15) is 32.4 Å². The van der Waals surface area contributed by atoms with Gasteiger partial charge in [-0.15, -0.1) is 0 Å². The lowest BCUT2D eigenvalue weighted by atomic mass is 10.1. The van der Waals surface area contributed by atoms with Gasteiger partial charge in [-0.3, -0.25) is 4.90 Å². The summed E-state index contributed by atoms with van der Waals surface area (Å²) in [6.07, 6.45) is 2.65. The highest BCUT2D eigenvalue weighted by Gasteiger charge is 2.27. The van der Waals surface area contributed by atoms with Crippen LogP contribution in [0, 0.1) is 0 Å². The molecule has 0 spiro atoms. The van der Waals surface area contributed by atoms with Gasteiger partial charge in [0.25, 0.3) is 0 Å². The summed E-state index contributed by atoms with van der Waals surface area (Å²) in [6.45, 7) is 7.61. The predicted molar refractivity (Wildman–Crippen MR) is 83.0 cm³/mol. The number of nitrogens with zero attached hydrogens (tertiary/aromatic N) is 3. The zero-order valence-electron chi connectivity index (χ0n) is 12.8. The summed E-state index contributed by atoms with van der Waals surface area (Å²) in [5.74, 6) is 1.13. The standard InChI is InChI=1S/C16H26N4/c1-12-10-20(11-13(2)19(12)3)16-6-4-5-15(18-16)9-17-14-7-8-14/h4-6,12-14,17H,7-11H2,1-3H3. The maximum Gasteiger partial charge on any atom is 0.128 e. The summed E-state index contributed by atoms with van der Waals surface area (Å²) >= 11 is 0. The van der Waals surface area contributed by atoms with Crippen molar-refractivity contribution in [2.75, 3.05) is 25.0 Å². The smallest absolute Gasteiger partial charge is 0.128 e. The Labute approximate surface area is 122 Å². The lowest BCUT2D eigenvalue weighted by molar-refractivity contribution is 0.169. The maximum absolute atomic E-state index is 4.83. The van der Waals surface area contributed by atoms with Crippen LogP contribution in [-0.4, -0.2) is 48.1 Å². The van der Waals surface area contributed by atoms with Gasteiger partial charge in [0.05, 0.1) is 5.69 Å². The zero-order valence-corrected chi connectivity index (χ0v) is 12.8. The van der Waals surface area contributed by atoms with Crippen LogP contribution < -0.4 is 10.2 Å². The first-order chi connectivity index (χ1) is 9.63. The van der Waals surface area contributed by atoms with Gasteiger partial charge in [0.1, 0.15) is 5.82 Å². The average Bonchev–Trinajstić information content (AvgIpc) is 3.26. The van der Waals surface area contributed by atoms with E-state index in [2.05, 4.69) is 54.2 Å². The number of anilines is 1. The highest BCUT2D eigenvalue weighted by Crippen LogP contribution is 2.21. The molecule has 1 aliphatic heterocycles. The van der Waals surface area contributed by atoms with Gasteiger partial charge in [-0.2, -0.15) is 0 Å². The van der Waals surface area contributed by atoms with Crippen LogP contribution in [0.2, 0.25) is 0 Å². The molecular weight excluding hydrogens is 248 g/mol. The van der Waals surface area contributed by atoms with Gasteiger partial charge in [0.15, 0.2) is 0 Å². The Kier molecular flexibility index (Phi) is 3.94. The first kappa shape index (κ1) is 13.8. The zero-order chi connectivity index (χ0) is 14.1. The van der Waals surface area contributed by atoms with E-state index < -0.39 is 0 Å². The van der Waals surface area contributed by atoms with Crippen molar-refractivity contribution in [3.63, 3.8) is 0 Å². The molecule has 2 fully saturated rings. The van der Waals surface area contributed by atoms with Crippen LogP contribution in [0.25, 0.3) is 0 Å². The molecule has 1 aromatic rings. The second-order valence-electron chi connectivity index (χ2n) is 6.41. The van der Waals surface area contributed by atoms with Gasteiger partial charge >= 0.3 is 0 Å². The molecule has 2 unspecified atom stereocenters. The fourth-order valence-electron chi connectivity index (χ4n) is 2.87. The quantitative estimate of drug-likeness (QED) is 0.908. The fraction of sp³-hybridized carbons (Fsp3) is 0.688. The Bertz CT molecular complexity index is 446. The molecule has 0 amide bonds. The van der Waals surface area contributed by atoms with Gasteiger partial charge in [-0.05, 0) is 45.9 Å². The first-order valence-corrected chi connectivity index (χ1v) is 7.79. The van der Waals surface area contributed by atoms with Crippen molar-refractivity contribution in [3.8, 4) is 0 Å².